The summed E-state index contributed by atoms with van der Waals surface area (Å²) in [6, 6.07) is 15.2. The van der Waals surface area contributed by atoms with Gasteiger partial charge in [-0.1, -0.05) is 18.2 Å². The highest BCUT2D eigenvalue weighted by molar-refractivity contribution is 14.1. The predicted octanol–water partition coefficient (Wildman–Crippen LogP) is 5.17. The van der Waals surface area contributed by atoms with Gasteiger partial charge in [0.25, 0.3) is 0 Å². The van der Waals surface area contributed by atoms with Gasteiger partial charge in [-0.2, -0.15) is 0 Å². The second kappa shape index (κ2) is 5.31. The molecule has 76 valence electrons. The van der Waals surface area contributed by atoms with E-state index < -0.39 is 0 Å². The van der Waals surface area contributed by atoms with Crippen LogP contribution in [-0.4, -0.2) is 0 Å². The fourth-order valence-electron chi connectivity index (χ4n) is 1.32. The maximum absolute atomic E-state index is 2.37. The Morgan fingerprint density at radius 1 is 0.600 bits per heavy atom. The van der Waals surface area contributed by atoms with Gasteiger partial charge in [0.2, 0.25) is 0 Å². The molecule has 0 spiro atoms. The number of hydrogen-bond donors (Lipinski definition) is 0. The van der Waals surface area contributed by atoms with Crippen molar-refractivity contribution in [2.75, 3.05) is 0 Å². The molecule has 0 aliphatic carbocycles. The Morgan fingerprint density at radius 3 is 1.80 bits per heavy atom. The largest absolute Gasteiger partial charge is 0.0533 e. The maximum atomic E-state index is 2.37. The topological polar surface area (TPSA) is 0 Å². The summed E-state index contributed by atoms with van der Waals surface area (Å²) in [4.78, 5) is 0. The summed E-state index contributed by atoms with van der Waals surface area (Å²) in [6.07, 6.45) is 0. The summed E-state index contributed by atoms with van der Waals surface area (Å²) < 4.78 is 3.89. The van der Waals surface area contributed by atoms with E-state index in [0.717, 1.165) is 0 Å². The van der Waals surface area contributed by atoms with Crippen LogP contribution in [0.4, 0.5) is 0 Å². The highest BCUT2D eigenvalue weighted by Crippen LogP contribution is 2.25. The van der Waals surface area contributed by atoms with Crippen LogP contribution >= 0.6 is 67.8 Å². The molecule has 0 heterocycles. The minimum absolute atomic E-state index is 1.27. The minimum Gasteiger partial charge on any atom is -0.0533 e. The highest BCUT2D eigenvalue weighted by Gasteiger charge is 2.00. The van der Waals surface area contributed by atoms with E-state index >= 15 is 0 Å². The normalized spacial score (nSPS) is 10.3. The lowest BCUT2D eigenvalue weighted by Crippen LogP contribution is -1.83. The molecule has 0 aliphatic heterocycles. The van der Waals surface area contributed by atoms with Crippen LogP contribution in [0.2, 0.25) is 0 Å². The molecule has 2 aromatic carbocycles. The maximum Gasteiger partial charge on any atom is 0.0270 e. The lowest BCUT2D eigenvalue weighted by molar-refractivity contribution is 1.54. The molecule has 0 radical (unpaired) electrons. The average molecular weight is 532 g/mol. The van der Waals surface area contributed by atoms with Crippen molar-refractivity contribution < 1.29 is 0 Å². The molecule has 0 fully saturated rings. The van der Waals surface area contributed by atoms with Gasteiger partial charge >= 0.3 is 0 Å². The van der Waals surface area contributed by atoms with Crippen molar-refractivity contribution in [1.29, 1.82) is 0 Å². The quantitative estimate of drug-likeness (QED) is 0.446. The standard InChI is InChI=1S/C12H7I3/c13-10-4-1-8(2-5-10)9-3-6-11(14)12(15)7-9/h1-7H. The number of halogens is 3. The van der Waals surface area contributed by atoms with E-state index in [9.17, 15) is 0 Å². The summed E-state index contributed by atoms with van der Waals surface area (Å²) in [5.41, 5.74) is 2.57. The predicted molar refractivity (Wildman–Crippen MR) is 90.0 cm³/mol. The van der Waals surface area contributed by atoms with Crippen molar-refractivity contribution in [1.82, 2.24) is 0 Å². The van der Waals surface area contributed by atoms with Crippen LogP contribution in [0.1, 0.15) is 0 Å². The van der Waals surface area contributed by atoms with Crippen LogP contribution in [0, 0.1) is 10.7 Å². The van der Waals surface area contributed by atoms with Crippen molar-refractivity contribution in [2.24, 2.45) is 0 Å². The van der Waals surface area contributed by atoms with Crippen molar-refractivity contribution in [3.05, 3.63) is 53.2 Å². The van der Waals surface area contributed by atoms with Crippen molar-refractivity contribution in [3.63, 3.8) is 0 Å². The molecule has 2 aromatic rings. The van der Waals surface area contributed by atoms with Gasteiger partial charge in [-0.15, -0.1) is 0 Å². The molecular weight excluding hydrogens is 525 g/mol. The number of benzene rings is 2. The number of rotatable bonds is 1. The Labute approximate surface area is 130 Å². The summed E-state index contributed by atoms with van der Waals surface area (Å²) >= 11 is 7.06. The summed E-state index contributed by atoms with van der Waals surface area (Å²) in [5, 5.41) is 0. The van der Waals surface area contributed by atoms with E-state index in [1.807, 2.05) is 0 Å². The lowest BCUT2D eigenvalue weighted by atomic mass is 10.1. The second-order valence-corrected chi connectivity index (χ2v) is 6.71. The zero-order valence-corrected chi connectivity index (χ0v) is 14.1. The van der Waals surface area contributed by atoms with Crippen LogP contribution < -0.4 is 0 Å². The van der Waals surface area contributed by atoms with Crippen molar-refractivity contribution in [2.45, 2.75) is 0 Å². The van der Waals surface area contributed by atoms with E-state index in [0.29, 0.717) is 0 Å². The molecule has 0 saturated carbocycles. The Bertz CT molecular complexity index is 475. The van der Waals surface area contributed by atoms with Crippen molar-refractivity contribution in [3.8, 4) is 11.1 Å². The monoisotopic (exact) mass is 532 g/mol. The van der Waals surface area contributed by atoms with E-state index in [4.69, 9.17) is 0 Å². The third-order valence-corrected chi connectivity index (χ3v) is 5.68. The molecule has 0 atom stereocenters. The van der Waals surface area contributed by atoms with Gasteiger partial charge < -0.3 is 0 Å². The SMILES string of the molecule is Ic1ccc(-c2ccc(I)c(I)c2)cc1. The van der Waals surface area contributed by atoms with Gasteiger partial charge in [-0.3, -0.25) is 0 Å². The highest BCUT2D eigenvalue weighted by atomic mass is 127. The first-order chi connectivity index (χ1) is 7.16. The van der Waals surface area contributed by atoms with Gasteiger partial charge in [0, 0.05) is 10.7 Å². The first kappa shape index (κ1) is 12.1. The third kappa shape index (κ3) is 3.06. The van der Waals surface area contributed by atoms with Crippen LogP contribution in [0.5, 0.6) is 0 Å². The van der Waals surface area contributed by atoms with Gasteiger partial charge in [0.15, 0.2) is 0 Å². The van der Waals surface area contributed by atoms with Crippen LogP contribution in [0.3, 0.4) is 0 Å². The van der Waals surface area contributed by atoms with Crippen LogP contribution in [0.25, 0.3) is 11.1 Å². The molecule has 0 N–H and O–H groups in total. The summed E-state index contributed by atoms with van der Waals surface area (Å²) in [6.45, 7) is 0. The van der Waals surface area contributed by atoms with E-state index in [2.05, 4.69) is 110 Å². The van der Waals surface area contributed by atoms with E-state index in [-0.39, 0.29) is 0 Å². The summed E-state index contributed by atoms with van der Waals surface area (Å²) in [7, 11) is 0. The molecule has 0 saturated heterocycles. The number of hydrogen-bond acceptors (Lipinski definition) is 0. The van der Waals surface area contributed by atoms with Crippen LogP contribution in [0.15, 0.2) is 42.5 Å². The molecular formula is C12H7I3. The molecule has 2 rings (SSSR count). The first-order valence-electron chi connectivity index (χ1n) is 4.38. The zero-order valence-electron chi connectivity index (χ0n) is 7.68. The van der Waals surface area contributed by atoms with Gasteiger partial charge in [0.1, 0.15) is 0 Å². The Hall–Kier alpha value is 0.630. The Kier molecular flexibility index (Phi) is 4.28. The third-order valence-electron chi connectivity index (χ3n) is 2.10. The molecule has 15 heavy (non-hydrogen) atoms. The molecule has 0 bridgehead atoms. The smallest absolute Gasteiger partial charge is 0.0270 e. The van der Waals surface area contributed by atoms with E-state index in [1.165, 1.54) is 21.8 Å². The Morgan fingerprint density at radius 2 is 1.20 bits per heavy atom. The van der Waals surface area contributed by atoms with Crippen molar-refractivity contribution >= 4 is 67.8 Å². The van der Waals surface area contributed by atoms with Gasteiger partial charge in [-0.25, -0.2) is 0 Å². The molecule has 0 aliphatic rings. The van der Waals surface area contributed by atoms with E-state index in [1.54, 1.807) is 0 Å². The summed E-state index contributed by atoms with van der Waals surface area (Å²) in [5.74, 6) is 0. The fraction of sp³-hybridized carbons (Fsp3) is 0. The molecule has 0 nitrogen and oxygen atoms in total. The minimum atomic E-state index is 1.27. The first-order valence-corrected chi connectivity index (χ1v) is 7.61. The molecule has 0 unspecified atom stereocenters. The Balaban J connectivity index is 2.45. The molecule has 0 amide bonds. The molecule has 0 aromatic heterocycles. The second-order valence-electron chi connectivity index (χ2n) is 3.14. The average Bonchev–Trinajstić information content (AvgIpc) is 2.23. The zero-order chi connectivity index (χ0) is 10.8. The lowest BCUT2D eigenvalue weighted by Gasteiger charge is -2.03. The molecule has 3 heteroatoms. The van der Waals surface area contributed by atoms with Crippen LogP contribution in [-0.2, 0) is 0 Å². The van der Waals surface area contributed by atoms with Gasteiger partial charge in [-0.05, 0) is 103 Å². The van der Waals surface area contributed by atoms with Gasteiger partial charge in [0.05, 0.1) is 0 Å². The fourth-order valence-corrected chi connectivity index (χ4v) is 2.53.